The highest BCUT2D eigenvalue weighted by Crippen LogP contribution is 2.33. The molecule has 1 aliphatic heterocycles. The number of hydrogen-bond acceptors (Lipinski definition) is 3. The van der Waals surface area contributed by atoms with Crippen LogP contribution in [0.2, 0.25) is 0 Å². The molecule has 1 aromatic carbocycles. The highest BCUT2D eigenvalue weighted by atomic mass is 35.7. The van der Waals surface area contributed by atoms with Gasteiger partial charge in [-0.05, 0) is 35.8 Å². The second-order valence-corrected chi connectivity index (χ2v) is 7.29. The van der Waals surface area contributed by atoms with E-state index in [1.54, 1.807) is 12.1 Å². The normalized spacial score (nSPS) is 21.8. The third-order valence-corrected chi connectivity index (χ3v) is 5.05. The average molecular weight is 263 g/mol. The van der Waals surface area contributed by atoms with Gasteiger partial charge in [0.2, 0.25) is 0 Å². The van der Waals surface area contributed by atoms with Crippen molar-refractivity contribution in [2.24, 2.45) is 0 Å². The Kier molecular flexibility index (Phi) is 3.28. The first kappa shape index (κ1) is 11.3. The zero-order valence-electron chi connectivity index (χ0n) is 8.02. The highest BCUT2D eigenvalue weighted by Gasteiger charge is 2.19. The molecule has 0 spiro atoms. The van der Waals surface area contributed by atoms with Gasteiger partial charge in [0.05, 0.1) is 4.90 Å². The van der Waals surface area contributed by atoms with Gasteiger partial charge in [-0.3, -0.25) is 0 Å². The molecule has 0 aromatic heterocycles. The Morgan fingerprint density at radius 3 is 2.80 bits per heavy atom. The predicted octanol–water partition coefficient (Wildman–Crippen LogP) is 2.83. The topological polar surface area (TPSA) is 34.1 Å². The molecule has 1 atom stereocenters. The van der Waals surface area contributed by atoms with Crippen molar-refractivity contribution in [2.75, 3.05) is 11.5 Å². The van der Waals surface area contributed by atoms with E-state index in [1.807, 2.05) is 17.8 Å². The largest absolute Gasteiger partial charge is 0.261 e. The summed E-state index contributed by atoms with van der Waals surface area (Å²) in [4.78, 5) is 0.207. The van der Waals surface area contributed by atoms with Crippen molar-refractivity contribution in [1.29, 1.82) is 0 Å². The van der Waals surface area contributed by atoms with E-state index in [4.69, 9.17) is 10.7 Å². The van der Waals surface area contributed by atoms with Crippen molar-refractivity contribution < 1.29 is 8.42 Å². The molecule has 1 aliphatic rings. The number of hydrogen-bond donors (Lipinski definition) is 0. The molecular weight excluding hydrogens is 252 g/mol. The molecule has 1 aromatic rings. The Bertz CT molecular complexity index is 450. The molecule has 1 saturated heterocycles. The lowest BCUT2D eigenvalue weighted by atomic mass is 9.99. The molecule has 0 amide bonds. The van der Waals surface area contributed by atoms with Crippen LogP contribution in [0.25, 0.3) is 0 Å². The molecule has 15 heavy (non-hydrogen) atoms. The van der Waals surface area contributed by atoms with Gasteiger partial charge in [0.1, 0.15) is 0 Å². The van der Waals surface area contributed by atoms with Crippen LogP contribution in [0, 0.1) is 0 Å². The van der Waals surface area contributed by atoms with E-state index in [0.29, 0.717) is 5.92 Å². The third-order valence-electron chi connectivity index (χ3n) is 2.54. The van der Waals surface area contributed by atoms with Crippen molar-refractivity contribution in [3.05, 3.63) is 29.8 Å². The Hall–Kier alpha value is -0.190. The molecular formula is C10H11ClO2S2. The molecule has 1 fully saturated rings. The average Bonchev–Trinajstić information content (AvgIpc) is 2.69. The quantitative estimate of drug-likeness (QED) is 0.769. The summed E-state index contributed by atoms with van der Waals surface area (Å²) in [5.41, 5.74) is 1.08. The summed E-state index contributed by atoms with van der Waals surface area (Å²) >= 11 is 1.91. The Labute approximate surface area is 98.4 Å². The summed E-state index contributed by atoms with van der Waals surface area (Å²) in [6.07, 6.45) is 1.12. The van der Waals surface area contributed by atoms with Crippen molar-refractivity contribution in [3.63, 3.8) is 0 Å². The van der Waals surface area contributed by atoms with Crippen LogP contribution in [-0.2, 0) is 9.05 Å². The fourth-order valence-corrected chi connectivity index (χ4v) is 3.78. The van der Waals surface area contributed by atoms with Gasteiger partial charge >= 0.3 is 0 Å². The monoisotopic (exact) mass is 262 g/mol. The van der Waals surface area contributed by atoms with Gasteiger partial charge in [-0.25, -0.2) is 8.42 Å². The summed E-state index contributed by atoms with van der Waals surface area (Å²) < 4.78 is 22.3. The summed E-state index contributed by atoms with van der Waals surface area (Å²) in [6.45, 7) is 0. The Morgan fingerprint density at radius 1 is 1.40 bits per heavy atom. The molecule has 0 aliphatic carbocycles. The third kappa shape index (κ3) is 2.68. The Balaban J connectivity index is 2.34. The minimum atomic E-state index is -3.59. The van der Waals surface area contributed by atoms with E-state index in [1.165, 1.54) is 6.07 Å². The lowest BCUT2D eigenvalue weighted by Crippen LogP contribution is -1.98. The van der Waals surface area contributed by atoms with Crippen LogP contribution in [-0.4, -0.2) is 19.9 Å². The van der Waals surface area contributed by atoms with Gasteiger partial charge in [0, 0.05) is 16.4 Å². The highest BCUT2D eigenvalue weighted by molar-refractivity contribution is 8.13. The molecule has 0 radical (unpaired) electrons. The fourth-order valence-electron chi connectivity index (χ4n) is 1.72. The van der Waals surface area contributed by atoms with Crippen molar-refractivity contribution >= 4 is 31.5 Å². The second-order valence-electron chi connectivity index (χ2n) is 3.57. The molecule has 1 heterocycles. The van der Waals surface area contributed by atoms with Crippen LogP contribution in [0.4, 0.5) is 0 Å². The molecule has 0 saturated carbocycles. The summed E-state index contributed by atoms with van der Waals surface area (Å²) in [5.74, 6) is 2.71. The van der Waals surface area contributed by atoms with Crippen LogP contribution in [0.1, 0.15) is 17.9 Å². The van der Waals surface area contributed by atoms with E-state index in [-0.39, 0.29) is 4.90 Å². The van der Waals surface area contributed by atoms with Gasteiger partial charge < -0.3 is 0 Å². The minimum absolute atomic E-state index is 0.207. The van der Waals surface area contributed by atoms with E-state index in [0.717, 1.165) is 23.5 Å². The lowest BCUT2D eigenvalue weighted by Gasteiger charge is -2.09. The zero-order valence-corrected chi connectivity index (χ0v) is 10.4. The SMILES string of the molecule is O=S(=O)(Cl)c1cccc(C2CCSC2)c1. The molecule has 0 N–H and O–H groups in total. The summed E-state index contributed by atoms with van der Waals surface area (Å²) in [7, 11) is 1.71. The molecule has 5 heteroatoms. The number of thioether (sulfide) groups is 1. The summed E-state index contributed by atoms with van der Waals surface area (Å²) in [5, 5.41) is 0. The summed E-state index contributed by atoms with van der Waals surface area (Å²) in [6, 6.07) is 6.96. The van der Waals surface area contributed by atoms with Crippen LogP contribution < -0.4 is 0 Å². The lowest BCUT2D eigenvalue weighted by molar-refractivity contribution is 0.609. The molecule has 82 valence electrons. The standard InChI is InChI=1S/C10H11ClO2S2/c11-15(12,13)10-3-1-2-8(6-10)9-4-5-14-7-9/h1-3,6,9H,4-5,7H2. The maximum absolute atomic E-state index is 11.2. The van der Waals surface area contributed by atoms with Gasteiger partial charge in [-0.2, -0.15) is 11.8 Å². The van der Waals surface area contributed by atoms with Crippen LogP contribution in [0.3, 0.4) is 0 Å². The second kappa shape index (κ2) is 4.36. The zero-order chi connectivity index (χ0) is 10.9. The number of halogens is 1. The predicted molar refractivity (Wildman–Crippen MR) is 64.2 cm³/mol. The van der Waals surface area contributed by atoms with Crippen molar-refractivity contribution in [3.8, 4) is 0 Å². The maximum Gasteiger partial charge on any atom is 0.261 e. The van der Waals surface area contributed by atoms with Crippen LogP contribution in [0.15, 0.2) is 29.2 Å². The van der Waals surface area contributed by atoms with Crippen LogP contribution in [0.5, 0.6) is 0 Å². The first-order valence-electron chi connectivity index (χ1n) is 4.70. The molecule has 0 bridgehead atoms. The first-order valence-corrected chi connectivity index (χ1v) is 8.16. The smallest absolute Gasteiger partial charge is 0.207 e. The van der Waals surface area contributed by atoms with Gasteiger partial charge in [-0.15, -0.1) is 0 Å². The van der Waals surface area contributed by atoms with Crippen molar-refractivity contribution in [1.82, 2.24) is 0 Å². The van der Waals surface area contributed by atoms with E-state index in [9.17, 15) is 8.42 Å². The maximum atomic E-state index is 11.2. The van der Waals surface area contributed by atoms with Crippen molar-refractivity contribution in [2.45, 2.75) is 17.2 Å². The molecule has 1 unspecified atom stereocenters. The minimum Gasteiger partial charge on any atom is -0.207 e. The number of rotatable bonds is 2. The van der Waals surface area contributed by atoms with E-state index in [2.05, 4.69) is 0 Å². The Morgan fingerprint density at radius 2 is 2.20 bits per heavy atom. The first-order chi connectivity index (χ1) is 7.07. The number of benzene rings is 1. The van der Waals surface area contributed by atoms with E-state index < -0.39 is 9.05 Å². The van der Waals surface area contributed by atoms with Gasteiger partial charge in [0.25, 0.3) is 9.05 Å². The van der Waals surface area contributed by atoms with Gasteiger partial charge in [-0.1, -0.05) is 12.1 Å². The molecule has 2 nitrogen and oxygen atoms in total. The fraction of sp³-hybridized carbons (Fsp3) is 0.400. The molecule has 2 rings (SSSR count). The van der Waals surface area contributed by atoms with Crippen LogP contribution >= 0.6 is 22.4 Å². The van der Waals surface area contributed by atoms with Gasteiger partial charge in [0.15, 0.2) is 0 Å². The van der Waals surface area contributed by atoms with E-state index >= 15 is 0 Å².